The highest BCUT2D eigenvalue weighted by molar-refractivity contribution is 5.79. The first kappa shape index (κ1) is 25.0. The molecule has 0 bridgehead atoms. The van der Waals surface area contributed by atoms with Gasteiger partial charge in [-0.25, -0.2) is 4.39 Å². The number of carboxylic acids is 1. The molecule has 0 radical (unpaired) electrons. The molecule has 6 nitrogen and oxygen atoms in total. The molecule has 1 aliphatic carbocycles. The normalized spacial score (nSPS) is 17.4. The van der Waals surface area contributed by atoms with Crippen LogP contribution in [0.2, 0.25) is 0 Å². The summed E-state index contributed by atoms with van der Waals surface area (Å²) >= 11 is 0. The maximum Gasteiger partial charge on any atom is 0.304 e. The first-order valence-electron chi connectivity index (χ1n) is 13.2. The second-order valence-corrected chi connectivity index (χ2v) is 10.5. The molecule has 1 aromatic heterocycles. The number of halogens is 1. The van der Waals surface area contributed by atoms with E-state index in [0.29, 0.717) is 36.5 Å². The maximum absolute atomic E-state index is 15.3. The van der Waals surface area contributed by atoms with E-state index in [1.165, 1.54) is 6.07 Å². The molecule has 1 N–H and O–H groups in total. The molecule has 39 heavy (non-hydrogen) atoms. The zero-order valence-corrected chi connectivity index (χ0v) is 22.1. The fourth-order valence-corrected chi connectivity index (χ4v) is 5.99. The van der Waals surface area contributed by atoms with Crippen LogP contribution in [0.1, 0.15) is 58.4 Å². The topological polar surface area (TPSA) is 81.5 Å². The Bertz CT molecular complexity index is 1580. The van der Waals surface area contributed by atoms with Gasteiger partial charge in [0.15, 0.2) is 0 Å². The molecule has 6 rings (SSSR count). The summed E-state index contributed by atoms with van der Waals surface area (Å²) in [5, 5.41) is 17.7. The zero-order valence-electron chi connectivity index (χ0n) is 22.1. The van der Waals surface area contributed by atoms with E-state index in [2.05, 4.69) is 36.2 Å². The number of carbonyl (C=O) groups is 1. The highest BCUT2D eigenvalue weighted by Gasteiger charge is 2.32. The minimum absolute atomic E-state index is 0.0232. The van der Waals surface area contributed by atoms with Crippen molar-refractivity contribution in [1.82, 2.24) is 10.2 Å². The smallest absolute Gasteiger partial charge is 0.304 e. The molecule has 4 aromatic rings. The van der Waals surface area contributed by atoms with Crippen LogP contribution in [-0.4, -0.2) is 27.9 Å². The molecule has 0 fully saturated rings. The van der Waals surface area contributed by atoms with Gasteiger partial charge in [-0.2, -0.15) is 10.2 Å². The van der Waals surface area contributed by atoms with E-state index in [1.807, 2.05) is 37.3 Å². The van der Waals surface area contributed by atoms with Crippen LogP contribution in [0.15, 0.2) is 54.6 Å². The van der Waals surface area contributed by atoms with Crippen LogP contribution in [0.4, 0.5) is 4.39 Å². The standard InChI is InChI=1S/C32H29FN2O4/c1-17-12-20(27-10-4-19(3)34-35-27)13-18(2)31(17)24-7-9-26(33)32-25(24)8-11-28(32)39-22-5-6-23-21(14-30(36)37)16-38-29(23)15-22/h4-7,9-10,12-13,15,21,28H,8,11,14,16H2,1-3H3,(H,36,37)/t21-,28-/m1/s1. The zero-order chi connectivity index (χ0) is 27.3. The minimum Gasteiger partial charge on any atom is -0.492 e. The van der Waals surface area contributed by atoms with Gasteiger partial charge in [0, 0.05) is 28.7 Å². The van der Waals surface area contributed by atoms with Gasteiger partial charge in [0.1, 0.15) is 23.4 Å². The Morgan fingerprint density at radius 2 is 1.85 bits per heavy atom. The maximum atomic E-state index is 15.3. The van der Waals surface area contributed by atoms with E-state index < -0.39 is 12.1 Å². The van der Waals surface area contributed by atoms with Crippen molar-refractivity contribution >= 4 is 5.97 Å². The summed E-state index contributed by atoms with van der Waals surface area (Å²) in [4.78, 5) is 11.2. The van der Waals surface area contributed by atoms with Crippen LogP contribution >= 0.6 is 0 Å². The molecule has 2 heterocycles. The van der Waals surface area contributed by atoms with Crippen molar-refractivity contribution in [2.24, 2.45) is 0 Å². The van der Waals surface area contributed by atoms with Crippen molar-refractivity contribution in [3.8, 4) is 33.9 Å². The minimum atomic E-state index is -0.852. The lowest BCUT2D eigenvalue weighted by atomic mass is 9.88. The Morgan fingerprint density at radius 1 is 1.05 bits per heavy atom. The number of ether oxygens (including phenoxy) is 2. The quantitative estimate of drug-likeness (QED) is 0.296. The van der Waals surface area contributed by atoms with Crippen molar-refractivity contribution in [3.63, 3.8) is 0 Å². The molecule has 3 aromatic carbocycles. The van der Waals surface area contributed by atoms with Gasteiger partial charge >= 0.3 is 5.97 Å². The number of hydrogen-bond donors (Lipinski definition) is 1. The largest absolute Gasteiger partial charge is 0.492 e. The number of rotatable bonds is 6. The fraction of sp³-hybridized carbons (Fsp3) is 0.281. The number of fused-ring (bicyclic) bond motifs is 2. The number of benzene rings is 3. The number of carboxylic acid groups (broad SMARTS) is 1. The highest BCUT2D eigenvalue weighted by Crippen LogP contribution is 2.45. The first-order chi connectivity index (χ1) is 18.8. The third kappa shape index (κ3) is 4.62. The average molecular weight is 525 g/mol. The summed E-state index contributed by atoms with van der Waals surface area (Å²) < 4.78 is 27.3. The van der Waals surface area contributed by atoms with Crippen molar-refractivity contribution in [1.29, 1.82) is 0 Å². The second kappa shape index (κ2) is 9.80. The summed E-state index contributed by atoms with van der Waals surface area (Å²) in [6.07, 6.45) is 0.976. The van der Waals surface area contributed by atoms with Gasteiger partial charge in [-0.1, -0.05) is 12.1 Å². The van der Waals surface area contributed by atoms with E-state index in [1.54, 1.807) is 6.07 Å². The van der Waals surface area contributed by atoms with E-state index >= 15 is 4.39 Å². The SMILES string of the molecule is Cc1ccc(-c2cc(C)c(-c3ccc(F)c4c3CC[C@H]4Oc3ccc4c(c3)OC[C@H]4CC(=O)O)c(C)c2)nn1. The Balaban J connectivity index is 1.31. The van der Waals surface area contributed by atoms with Crippen LogP contribution in [0.5, 0.6) is 11.5 Å². The molecule has 0 saturated heterocycles. The molecule has 0 unspecified atom stereocenters. The summed E-state index contributed by atoms with van der Waals surface area (Å²) in [7, 11) is 0. The van der Waals surface area contributed by atoms with Crippen LogP contribution in [0.3, 0.4) is 0 Å². The van der Waals surface area contributed by atoms with E-state index in [9.17, 15) is 4.79 Å². The van der Waals surface area contributed by atoms with Crippen molar-refractivity contribution in [3.05, 3.63) is 93.9 Å². The van der Waals surface area contributed by atoms with E-state index in [-0.39, 0.29) is 18.2 Å². The van der Waals surface area contributed by atoms with Crippen molar-refractivity contribution in [2.45, 2.75) is 52.1 Å². The van der Waals surface area contributed by atoms with Gasteiger partial charge in [0.2, 0.25) is 0 Å². The Hall–Kier alpha value is -4.26. The number of aryl methyl sites for hydroxylation is 3. The lowest BCUT2D eigenvalue weighted by Crippen LogP contribution is -2.07. The molecule has 0 amide bonds. The number of nitrogens with zero attached hydrogens (tertiary/aromatic N) is 2. The van der Waals surface area contributed by atoms with Gasteiger partial charge in [0.25, 0.3) is 0 Å². The molecule has 2 atom stereocenters. The molecule has 198 valence electrons. The Kier molecular flexibility index (Phi) is 6.29. The van der Waals surface area contributed by atoms with Crippen LogP contribution in [0.25, 0.3) is 22.4 Å². The van der Waals surface area contributed by atoms with E-state index in [0.717, 1.165) is 50.3 Å². The fourth-order valence-electron chi connectivity index (χ4n) is 5.99. The Morgan fingerprint density at radius 3 is 2.56 bits per heavy atom. The average Bonchev–Trinajstić information content (AvgIpc) is 3.50. The summed E-state index contributed by atoms with van der Waals surface area (Å²) in [5.41, 5.74) is 9.48. The number of aromatic nitrogens is 2. The predicted octanol–water partition coefficient (Wildman–Crippen LogP) is 6.89. The molecular formula is C32H29FN2O4. The number of aliphatic carboxylic acids is 1. The van der Waals surface area contributed by atoms with Crippen LogP contribution < -0.4 is 9.47 Å². The second-order valence-electron chi connectivity index (χ2n) is 10.5. The molecule has 7 heteroatoms. The van der Waals surface area contributed by atoms with Gasteiger partial charge in [-0.15, -0.1) is 0 Å². The lowest BCUT2D eigenvalue weighted by molar-refractivity contribution is -0.137. The molecule has 1 aliphatic heterocycles. The number of hydrogen-bond acceptors (Lipinski definition) is 5. The lowest BCUT2D eigenvalue weighted by Gasteiger charge is -2.19. The molecular weight excluding hydrogens is 495 g/mol. The monoisotopic (exact) mass is 524 g/mol. The molecule has 0 spiro atoms. The van der Waals surface area contributed by atoms with Gasteiger partial charge < -0.3 is 14.6 Å². The van der Waals surface area contributed by atoms with Gasteiger partial charge in [0.05, 0.1) is 24.4 Å². The summed E-state index contributed by atoms with van der Waals surface area (Å²) in [6, 6.07) is 17.0. The molecule has 0 saturated carbocycles. The van der Waals surface area contributed by atoms with Crippen LogP contribution in [0, 0.1) is 26.6 Å². The van der Waals surface area contributed by atoms with Crippen molar-refractivity contribution < 1.29 is 23.8 Å². The summed E-state index contributed by atoms with van der Waals surface area (Å²) in [6.45, 7) is 6.41. The van der Waals surface area contributed by atoms with E-state index in [4.69, 9.17) is 14.6 Å². The third-order valence-corrected chi connectivity index (χ3v) is 7.74. The summed E-state index contributed by atoms with van der Waals surface area (Å²) in [5.74, 6) is -0.0691. The first-order valence-corrected chi connectivity index (χ1v) is 13.2. The van der Waals surface area contributed by atoms with Gasteiger partial charge in [-0.05, 0) is 97.8 Å². The van der Waals surface area contributed by atoms with Gasteiger partial charge in [-0.3, -0.25) is 4.79 Å². The highest BCUT2D eigenvalue weighted by atomic mass is 19.1. The predicted molar refractivity (Wildman–Crippen MR) is 146 cm³/mol. The van der Waals surface area contributed by atoms with Crippen molar-refractivity contribution in [2.75, 3.05) is 6.61 Å². The molecule has 2 aliphatic rings. The Labute approximate surface area is 226 Å². The third-order valence-electron chi connectivity index (χ3n) is 7.74. The van der Waals surface area contributed by atoms with Crippen LogP contribution in [-0.2, 0) is 11.2 Å².